The molecule has 0 unspecified atom stereocenters. The summed E-state index contributed by atoms with van der Waals surface area (Å²) in [7, 11) is 0. The van der Waals surface area contributed by atoms with Crippen LogP contribution >= 0.6 is 0 Å². The number of H-pyrrole nitrogens is 2. The average molecular weight is 439 g/mol. The maximum absolute atomic E-state index is 5.15. The van der Waals surface area contributed by atoms with Gasteiger partial charge in [0.05, 0.1) is 11.4 Å². The van der Waals surface area contributed by atoms with Gasteiger partial charge in [-0.1, -0.05) is 13.8 Å². The van der Waals surface area contributed by atoms with Gasteiger partial charge in [-0.3, -0.25) is 4.98 Å². The molecule has 4 heteroatoms. The first kappa shape index (κ1) is 21.7. The Kier molecular flexibility index (Phi) is 4.72. The molecule has 170 valence electrons. The highest BCUT2D eigenvalue weighted by molar-refractivity contribution is 5.92. The minimum absolute atomic E-state index is 0.0218. The van der Waals surface area contributed by atoms with Crippen LogP contribution in [0.3, 0.4) is 0 Å². The van der Waals surface area contributed by atoms with Gasteiger partial charge in [-0.25, -0.2) is 4.98 Å². The monoisotopic (exact) mass is 438 g/mol. The van der Waals surface area contributed by atoms with Crippen molar-refractivity contribution in [1.82, 2.24) is 19.9 Å². The summed E-state index contributed by atoms with van der Waals surface area (Å²) < 4.78 is 0. The molecule has 0 fully saturated rings. The average Bonchev–Trinajstić information content (AvgIpc) is 3.40. The molecule has 0 spiro atoms. The number of fused-ring (bicyclic) bond motifs is 8. The predicted molar refractivity (Wildman–Crippen MR) is 140 cm³/mol. The van der Waals surface area contributed by atoms with Crippen LogP contribution in [-0.4, -0.2) is 19.9 Å². The van der Waals surface area contributed by atoms with E-state index in [9.17, 15) is 0 Å². The summed E-state index contributed by atoms with van der Waals surface area (Å²) in [5, 5.41) is 0. The van der Waals surface area contributed by atoms with E-state index in [0.717, 1.165) is 51.3 Å². The summed E-state index contributed by atoms with van der Waals surface area (Å²) >= 11 is 0. The summed E-state index contributed by atoms with van der Waals surface area (Å²) in [4.78, 5) is 17.6. The van der Waals surface area contributed by atoms with Crippen LogP contribution in [0.15, 0.2) is 18.2 Å². The third-order valence-electron chi connectivity index (χ3n) is 8.01. The van der Waals surface area contributed by atoms with Gasteiger partial charge in [0, 0.05) is 45.3 Å². The standard InChI is InChI=1S/C29H34N4/c1-14-15(2)23-11-24-18(5)19(6)28(33-24)20(7)26-13-29(8,9)27(32-26)12-25-17(4)16(3)22(31-25)10-21(14)30-23/h10-12,30-31H,13H2,1-9H3. The van der Waals surface area contributed by atoms with E-state index < -0.39 is 0 Å². The topological polar surface area (TPSA) is 57.4 Å². The van der Waals surface area contributed by atoms with Gasteiger partial charge in [0.2, 0.25) is 0 Å². The normalized spacial score (nSPS) is 15.4. The minimum atomic E-state index is -0.0218. The van der Waals surface area contributed by atoms with Crippen molar-refractivity contribution in [3.8, 4) is 0 Å². The molecular formula is C29H34N4. The maximum atomic E-state index is 5.15. The van der Waals surface area contributed by atoms with Gasteiger partial charge in [0.15, 0.2) is 0 Å². The molecule has 2 aliphatic heterocycles. The van der Waals surface area contributed by atoms with E-state index in [0.29, 0.717) is 0 Å². The number of rotatable bonds is 0. The number of allylic oxidation sites excluding steroid dienone is 2. The molecule has 33 heavy (non-hydrogen) atoms. The van der Waals surface area contributed by atoms with Crippen LogP contribution in [0.1, 0.15) is 78.3 Å². The summed E-state index contributed by atoms with van der Waals surface area (Å²) in [6.07, 6.45) is 0.921. The number of nitrogens with zero attached hydrogens (tertiary/aromatic N) is 2. The molecule has 8 bridgehead atoms. The quantitative estimate of drug-likeness (QED) is 0.386. The fourth-order valence-corrected chi connectivity index (χ4v) is 5.06. The minimum Gasteiger partial charge on any atom is -0.355 e. The lowest BCUT2D eigenvalue weighted by atomic mass is 9.86. The van der Waals surface area contributed by atoms with Crippen LogP contribution in [0.25, 0.3) is 33.2 Å². The largest absolute Gasteiger partial charge is 0.355 e. The Balaban J connectivity index is 2.00. The van der Waals surface area contributed by atoms with Crippen LogP contribution in [0, 0.1) is 34.6 Å². The van der Waals surface area contributed by atoms with E-state index in [1.807, 2.05) is 0 Å². The van der Waals surface area contributed by atoms with Gasteiger partial charge in [-0.05, 0) is 106 Å². The van der Waals surface area contributed by atoms with Crippen molar-refractivity contribution < 1.29 is 0 Å². The van der Waals surface area contributed by atoms with Crippen LogP contribution in [-0.2, 0) is 11.8 Å². The zero-order valence-electron chi connectivity index (χ0n) is 21.3. The first-order chi connectivity index (χ1) is 15.5. The lowest BCUT2D eigenvalue weighted by molar-refractivity contribution is 0.542. The Hall–Kier alpha value is -3.14. The van der Waals surface area contributed by atoms with Gasteiger partial charge >= 0.3 is 0 Å². The van der Waals surface area contributed by atoms with Crippen molar-refractivity contribution in [3.05, 3.63) is 68.8 Å². The van der Waals surface area contributed by atoms with Crippen molar-refractivity contribution >= 4 is 33.2 Å². The second-order valence-electron chi connectivity index (χ2n) is 10.6. The summed E-state index contributed by atoms with van der Waals surface area (Å²) in [5.41, 5.74) is 17.7. The molecule has 0 aliphatic carbocycles. The van der Waals surface area contributed by atoms with Crippen molar-refractivity contribution in [2.75, 3.05) is 0 Å². The molecule has 0 saturated heterocycles. The number of hydrogen-bond donors (Lipinski definition) is 2. The van der Waals surface area contributed by atoms with Crippen molar-refractivity contribution in [2.45, 2.75) is 74.1 Å². The molecule has 0 saturated carbocycles. The summed E-state index contributed by atoms with van der Waals surface area (Å²) in [6, 6.07) is 6.69. The number of hydrogen-bond acceptors (Lipinski definition) is 2. The first-order valence-corrected chi connectivity index (χ1v) is 11.8. The molecule has 0 amide bonds. The smallest absolute Gasteiger partial charge is 0.0716 e. The Bertz CT molecular complexity index is 1520. The second-order valence-corrected chi connectivity index (χ2v) is 10.6. The van der Waals surface area contributed by atoms with Crippen molar-refractivity contribution in [2.24, 2.45) is 0 Å². The van der Waals surface area contributed by atoms with Gasteiger partial charge in [-0.15, -0.1) is 0 Å². The summed E-state index contributed by atoms with van der Waals surface area (Å²) in [5.74, 6) is 0. The Morgan fingerprint density at radius 1 is 0.636 bits per heavy atom. The zero-order chi connectivity index (χ0) is 23.8. The van der Waals surface area contributed by atoms with Crippen LogP contribution in [0.5, 0.6) is 0 Å². The molecule has 0 radical (unpaired) electrons. The maximum Gasteiger partial charge on any atom is 0.0716 e. The van der Waals surface area contributed by atoms with Gasteiger partial charge < -0.3 is 9.97 Å². The number of nitrogens with one attached hydrogen (secondary N) is 2. The van der Waals surface area contributed by atoms with E-state index >= 15 is 0 Å². The third kappa shape index (κ3) is 3.26. The lowest BCUT2D eigenvalue weighted by Gasteiger charge is -2.16. The number of aryl methyl sites for hydroxylation is 4. The van der Waals surface area contributed by atoms with Crippen LogP contribution in [0.2, 0.25) is 0 Å². The van der Waals surface area contributed by atoms with E-state index in [1.165, 1.54) is 39.0 Å². The van der Waals surface area contributed by atoms with Crippen molar-refractivity contribution in [3.63, 3.8) is 0 Å². The molecule has 4 nitrogen and oxygen atoms in total. The fraction of sp³-hybridized carbons (Fsp3) is 0.379. The molecule has 2 aliphatic rings. The molecule has 0 atom stereocenters. The van der Waals surface area contributed by atoms with Crippen molar-refractivity contribution in [1.29, 1.82) is 0 Å². The van der Waals surface area contributed by atoms with Gasteiger partial charge in [-0.2, -0.15) is 0 Å². The highest BCUT2D eigenvalue weighted by atomic mass is 14.8. The molecule has 3 aromatic rings. The Morgan fingerprint density at radius 2 is 1.15 bits per heavy atom. The first-order valence-electron chi connectivity index (χ1n) is 11.8. The number of aromatic nitrogens is 4. The fourth-order valence-electron chi connectivity index (χ4n) is 5.06. The molecule has 5 rings (SSSR count). The molecule has 3 aromatic heterocycles. The second kappa shape index (κ2) is 7.18. The molecular weight excluding hydrogens is 404 g/mol. The van der Waals surface area contributed by atoms with E-state index in [2.05, 4.69) is 90.5 Å². The highest BCUT2D eigenvalue weighted by Crippen LogP contribution is 2.36. The lowest BCUT2D eigenvalue weighted by Crippen LogP contribution is -2.15. The molecule has 5 heterocycles. The zero-order valence-corrected chi connectivity index (χ0v) is 21.3. The third-order valence-corrected chi connectivity index (χ3v) is 8.01. The Labute approximate surface area is 196 Å². The highest BCUT2D eigenvalue weighted by Gasteiger charge is 2.30. The van der Waals surface area contributed by atoms with Gasteiger partial charge in [0.25, 0.3) is 0 Å². The van der Waals surface area contributed by atoms with Crippen LogP contribution < -0.4 is 0 Å². The molecule has 0 aromatic carbocycles. The number of aromatic amines is 2. The molecule has 2 N–H and O–H groups in total. The van der Waals surface area contributed by atoms with E-state index in [4.69, 9.17) is 9.97 Å². The summed E-state index contributed by atoms with van der Waals surface area (Å²) in [6.45, 7) is 19.9. The van der Waals surface area contributed by atoms with E-state index in [-0.39, 0.29) is 5.41 Å². The SMILES string of the molecule is CC1=C(C)c2nc1cc1[nH]c(cc3[nH]c(cc4nc(c2C)CC4(C)C)c(C)c3C)c(C)c1C. The Morgan fingerprint density at radius 3 is 1.73 bits per heavy atom. The predicted octanol–water partition coefficient (Wildman–Crippen LogP) is 7.33. The van der Waals surface area contributed by atoms with Gasteiger partial charge in [0.1, 0.15) is 0 Å². The van der Waals surface area contributed by atoms with E-state index in [1.54, 1.807) is 0 Å². The van der Waals surface area contributed by atoms with Crippen LogP contribution in [0.4, 0.5) is 0 Å².